The van der Waals surface area contributed by atoms with Crippen molar-refractivity contribution in [2.24, 2.45) is 0 Å². The van der Waals surface area contributed by atoms with Crippen LogP contribution in [0.2, 0.25) is 0 Å². The summed E-state index contributed by atoms with van der Waals surface area (Å²) in [5, 5.41) is 26.8. The molecule has 5 aromatic rings. The van der Waals surface area contributed by atoms with Gasteiger partial charge in [-0.1, -0.05) is 66.1 Å². The minimum absolute atomic E-state index is 0.0867. The van der Waals surface area contributed by atoms with E-state index in [2.05, 4.69) is 59.2 Å². The number of benzene rings is 2. The highest BCUT2D eigenvalue weighted by Gasteiger charge is 2.28. The van der Waals surface area contributed by atoms with Gasteiger partial charge in [-0.05, 0) is 57.7 Å². The van der Waals surface area contributed by atoms with Gasteiger partial charge in [-0.25, -0.2) is 29.2 Å². The number of carboxylic acid groups (broad SMARTS) is 1. The maximum absolute atomic E-state index is 13.5. The molecule has 0 fully saturated rings. The number of fused-ring (bicyclic) bond motifs is 2. The lowest BCUT2D eigenvalue weighted by atomic mass is 9.82. The first-order chi connectivity index (χ1) is 21.7. The van der Waals surface area contributed by atoms with Gasteiger partial charge in [-0.3, -0.25) is 14.6 Å². The average Bonchev–Trinajstić information content (AvgIpc) is 3.49. The Labute approximate surface area is 254 Å². The molecule has 3 aromatic heterocycles. The molecule has 0 saturated carbocycles. The summed E-state index contributed by atoms with van der Waals surface area (Å²) in [6, 6.07) is 13.3. The fourth-order valence-electron chi connectivity index (χ4n) is 5.19. The normalized spacial score (nSPS) is 14.1. The number of aliphatic carboxylic acids is 1. The number of hydrogen-bond acceptors (Lipinski definition) is 10. The molecule has 2 unspecified atom stereocenters. The van der Waals surface area contributed by atoms with Gasteiger partial charge in [0, 0.05) is 23.9 Å². The highest BCUT2D eigenvalue weighted by atomic mass is 16.4. The van der Waals surface area contributed by atoms with Crippen LogP contribution in [-0.2, 0) is 11.2 Å². The van der Waals surface area contributed by atoms with Crippen LogP contribution in [-0.4, -0.2) is 63.3 Å². The lowest BCUT2D eigenvalue weighted by molar-refractivity contribution is -0.138. The number of rotatable bonds is 8. The zero-order valence-electron chi connectivity index (χ0n) is 24.0. The molecule has 1 aliphatic carbocycles. The summed E-state index contributed by atoms with van der Waals surface area (Å²) in [6.45, 7) is 4.06. The number of nitrogens with zero attached hydrogens (tertiary/aromatic N) is 6. The van der Waals surface area contributed by atoms with Crippen molar-refractivity contribution in [3.05, 3.63) is 120 Å². The van der Waals surface area contributed by atoms with Gasteiger partial charge in [-0.2, -0.15) is 0 Å². The second-order valence-corrected chi connectivity index (χ2v) is 10.3. The molecule has 45 heavy (non-hydrogen) atoms. The largest absolute Gasteiger partial charge is 0.478 e. The summed E-state index contributed by atoms with van der Waals surface area (Å²) in [5.74, 6) is -3.15. The van der Waals surface area contributed by atoms with Crippen molar-refractivity contribution >= 4 is 30.0 Å². The third-order valence-corrected chi connectivity index (χ3v) is 7.39. The number of carboxylic acids is 1. The first-order valence-corrected chi connectivity index (χ1v) is 13.9. The molecule has 0 spiro atoms. The van der Waals surface area contributed by atoms with Crippen molar-refractivity contribution in [1.29, 1.82) is 0 Å². The van der Waals surface area contributed by atoms with E-state index in [-0.39, 0.29) is 23.2 Å². The topological polar surface area (TPSA) is 214 Å². The van der Waals surface area contributed by atoms with Gasteiger partial charge in [0.05, 0.1) is 0 Å². The predicted octanol–water partition coefficient (Wildman–Crippen LogP) is 1.62. The molecule has 1 amide bonds. The van der Waals surface area contributed by atoms with E-state index in [0.29, 0.717) is 0 Å². The summed E-state index contributed by atoms with van der Waals surface area (Å²) >= 11 is 0. The maximum Gasteiger partial charge on any atom is 0.347 e. The fraction of sp³-hybridized carbons (Fsp3) is 0.167. The summed E-state index contributed by atoms with van der Waals surface area (Å²) in [5.41, 5.74) is 4.46. The number of amides is 1. The van der Waals surface area contributed by atoms with E-state index in [4.69, 9.17) is 0 Å². The summed E-state index contributed by atoms with van der Waals surface area (Å²) in [4.78, 5) is 62.0. The second kappa shape index (κ2) is 11.8. The van der Waals surface area contributed by atoms with E-state index < -0.39 is 35.2 Å². The van der Waals surface area contributed by atoms with Crippen LogP contribution in [0.25, 0.3) is 18.1 Å². The third kappa shape index (κ3) is 5.73. The van der Waals surface area contributed by atoms with Crippen molar-refractivity contribution in [3.8, 4) is 5.95 Å². The van der Waals surface area contributed by atoms with Crippen molar-refractivity contribution in [2.75, 3.05) is 5.32 Å². The first-order valence-electron chi connectivity index (χ1n) is 13.9. The minimum Gasteiger partial charge on any atom is -0.478 e. The molecule has 0 bridgehead atoms. The van der Waals surface area contributed by atoms with E-state index in [1.54, 1.807) is 0 Å². The van der Waals surface area contributed by atoms with Crippen LogP contribution < -0.4 is 21.9 Å². The molecule has 2 atom stereocenters. The Morgan fingerprint density at radius 3 is 2.51 bits per heavy atom. The number of nitrogens with one attached hydrogen (secondary N) is 4. The second-order valence-electron chi connectivity index (χ2n) is 10.3. The summed E-state index contributed by atoms with van der Waals surface area (Å²) in [6.07, 6.45) is 5.90. The fourth-order valence-corrected chi connectivity index (χ4v) is 5.19. The van der Waals surface area contributed by atoms with E-state index >= 15 is 0 Å². The Balaban J connectivity index is 1.41. The Bertz CT molecular complexity index is 2080. The number of anilines is 1. The molecule has 0 aliphatic heterocycles. The van der Waals surface area contributed by atoms with Crippen molar-refractivity contribution in [2.45, 2.75) is 32.4 Å². The first kappa shape index (κ1) is 28.9. The number of aromatic amines is 2. The summed E-state index contributed by atoms with van der Waals surface area (Å²) in [7, 11) is 0. The standard InChI is InChI=1S/C30H26N10O5/c1-3-16-5-9-20-18(13-16)7-6-17-12-15(2)4-8-19(17)23(20)21-14-40(30(45)35-25(21)41)29-31-11-10-22(32-29)26(42)33-24(27(43)44)34-28-36-38-39-37-28/h4-14,23-24H,3H2,1-2H3,(H,33,42)(H,43,44)(H,35,41,45)(H2,34,36,37,38,39). The lowest BCUT2D eigenvalue weighted by Crippen LogP contribution is -2.46. The number of aromatic nitrogens is 8. The van der Waals surface area contributed by atoms with Crippen LogP contribution >= 0.6 is 0 Å². The Kier molecular flexibility index (Phi) is 7.56. The Hall–Kier alpha value is -6.25. The van der Waals surface area contributed by atoms with Crippen molar-refractivity contribution in [1.82, 2.24) is 45.5 Å². The molecular formula is C30H26N10O5. The number of aryl methyl sites for hydroxylation is 2. The lowest BCUT2D eigenvalue weighted by Gasteiger charge is -2.21. The van der Waals surface area contributed by atoms with Gasteiger partial charge in [-0.15, -0.1) is 0 Å². The molecular weight excluding hydrogens is 580 g/mol. The van der Waals surface area contributed by atoms with Crippen LogP contribution in [0.1, 0.15) is 62.3 Å². The quantitative estimate of drug-likeness (QED) is 0.157. The van der Waals surface area contributed by atoms with E-state index in [1.165, 1.54) is 18.5 Å². The molecule has 226 valence electrons. The molecule has 0 radical (unpaired) electrons. The van der Waals surface area contributed by atoms with Crippen molar-refractivity contribution in [3.63, 3.8) is 0 Å². The van der Waals surface area contributed by atoms with Gasteiger partial charge in [0.2, 0.25) is 18.1 Å². The molecule has 0 saturated heterocycles. The highest BCUT2D eigenvalue weighted by Crippen LogP contribution is 2.38. The molecule has 5 N–H and O–H groups in total. The van der Waals surface area contributed by atoms with E-state index in [1.807, 2.05) is 49.4 Å². The van der Waals surface area contributed by atoms with Crippen LogP contribution in [0.15, 0.2) is 64.4 Å². The highest BCUT2D eigenvalue weighted by molar-refractivity contribution is 5.95. The number of hydrogen-bond donors (Lipinski definition) is 5. The molecule has 3 heterocycles. The van der Waals surface area contributed by atoms with Crippen LogP contribution in [0.4, 0.5) is 5.95 Å². The van der Waals surface area contributed by atoms with Crippen molar-refractivity contribution < 1.29 is 14.7 Å². The smallest absolute Gasteiger partial charge is 0.347 e. The predicted molar refractivity (Wildman–Crippen MR) is 162 cm³/mol. The average molecular weight is 607 g/mol. The van der Waals surface area contributed by atoms with E-state index in [0.717, 1.165) is 44.4 Å². The molecule has 6 rings (SSSR count). The molecule has 15 heteroatoms. The van der Waals surface area contributed by atoms with Gasteiger partial charge in [0.1, 0.15) is 5.69 Å². The number of carbonyl (C=O) groups excluding carboxylic acids is 1. The molecule has 15 nitrogen and oxygen atoms in total. The SMILES string of the molecule is CCc1ccc2c(c1)C=Cc1cc(C)ccc1C2c1cn(-c2nccc(C(=O)NC(Nc3nnn[nH]3)C(=O)O)n2)c(=O)[nH]c1=O. The zero-order chi connectivity index (χ0) is 31.7. The number of tetrazole rings is 1. The Morgan fingerprint density at radius 2 is 1.80 bits per heavy atom. The molecule has 2 aromatic carbocycles. The Morgan fingerprint density at radius 1 is 1.04 bits per heavy atom. The van der Waals surface area contributed by atoms with Crippen LogP contribution in [0, 0.1) is 6.92 Å². The van der Waals surface area contributed by atoms with Gasteiger partial charge in [0.15, 0.2) is 0 Å². The maximum atomic E-state index is 13.5. The van der Waals surface area contributed by atoms with Crippen LogP contribution in [0.3, 0.4) is 0 Å². The van der Waals surface area contributed by atoms with Gasteiger partial charge in [0.25, 0.3) is 11.5 Å². The van der Waals surface area contributed by atoms with Gasteiger partial charge >= 0.3 is 11.7 Å². The number of carbonyl (C=O) groups is 2. The molecule has 1 aliphatic rings. The van der Waals surface area contributed by atoms with E-state index in [9.17, 15) is 24.3 Å². The third-order valence-electron chi connectivity index (χ3n) is 7.39. The van der Waals surface area contributed by atoms with Crippen LogP contribution in [0.5, 0.6) is 0 Å². The monoisotopic (exact) mass is 606 g/mol. The van der Waals surface area contributed by atoms with Gasteiger partial charge < -0.3 is 15.7 Å². The minimum atomic E-state index is -1.62. The zero-order valence-corrected chi connectivity index (χ0v) is 24.0. The summed E-state index contributed by atoms with van der Waals surface area (Å²) < 4.78 is 1.05. The number of H-pyrrole nitrogens is 2.